The Morgan fingerprint density at radius 3 is 2.33 bits per heavy atom. The molecule has 106 valence electrons. The van der Waals surface area contributed by atoms with Gasteiger partial charge in [-0.05, 0) is 19.8 Å². The fourth-order valence-electron chi connectivity index (χ4n) is 2.15. The molecule has 2 N–H and O–H groups in total. The number of carbonyl (C=O) groups excluding carboxylic acids is 1. The molecule has 1 saturated heterocycles. The minimum Gasteiger partial charge on any atom is -0.381 e. The van der Waals surface area contributed by atoms with Crippen LogP contribution in [0.3, 0.4) is 0 Å². The van der Waals surface area contributed by atoms with E-state index >= 15 is 0 Å². The highest BCUT2D eigenvalue weighted by Gasteiger charge is 2.43. The van der Waals surface area contributed by atoms with Gasteiger partial charge >= 0.3 is 6.18 Å². The molecule has 0 aliphatic carbocycles. The Balaban J connectivity index is 2.80. The Morgan fingerprint density at radius 2 is 1.94 bits per heavy atom. The van der Waals surface area contributed by atoms with Crippen molar-refractivity contribution in [2.75, 3.05) is 32.8 Å². The first-order valence-electron chi connectivity index (χ1n) is 5.98. The van der Waals surface area contributed by atoms with Crippen molar-refractivity contribution in [3.8, 4) is 0 Å². The molecule has 0 aromatic carbocycles. The van der Waals surface area contributed by atoms with Crippen LogP contribution in [-0.4, -0.2) is 49.8 Å². The molecule has 7 heteroatoms. The number of hydrogen-bond acceptors (Lipinski definition) is 3. The van der Waals surface area contributed by atoms with Gasteiger partial charge in [-0.1, -0.05) is 0 Å². The van der Waals surface area contributed by atoms with Crippen LogP contribution in [0.15, 0.2) is 0 Å². The summed E-state index contributed by atoms with van der Waals surface area (Å²) in [6.07, 6.45) is -3.61. The molecular formula is C11H19F3N2O2. The molecule has 1 heterocycles. The van der Waals surface area contributed by atoms with Crippen molar-refractivity contribution >= 4 is 5.91 Å². The van der Waals surface area contributed by atoms with Crippen LogP contribution in [0.25, 0.3) is 0 Å². The maximum atomic E-state index is 12.4. The zero-order valence-corrected chi connectivity index (χ0v) is 10.4. The maximum absolute atomic E-state index is 12.4. The van der Waals surface area contributed by atoms with Crippen LogP contribution in [0, 0.1) is 5.41 Å². The van der Waals surface area contributed by atoms with E-state index in [1.807, 2.05) is 0 Å². The maximum Gasteiger partial charge on any atom is 0.406 e. The summed E-state index contributed by atoms with van der Waals surface area (Å²) in [5, 5.41) is 0. The number of amides is 1. The highest BCUT2D eigenvalue weighted by atomic mass is 19.4. The van der Waals surface area contributed by atoms with E-state index in [-0.39, 0.29) is 13.1 Å². The van der Waals surface area contributed by atoms with Gasteiger partial charge < -0.3 is 15.4 Å². The zero-order valence-electron chi connectivity index (χ0n) is 10.4. The molecule has 18 heavy (non-hydrogen) atoms. The summed E-state index contributed by atoms with van der Waals surface area (Å²) in [6, 6.07) is 0. The molecule has 0 aromatic heterocycles. The number of nitrogens with zero attached hydrogens (tertiary/aromatic N) is 1. The Kier molecular flexibility index (Phi) is 4.98. The summed E-state index contributed by atoms with van der Waals surface area (Å²) in [7, 11) is 0. The van der Waals surface area contributed by atoms with Crippen molar-refractivity contribution in [2.24, 2.45) is 11.1 Å². The van der Waals surface area contributed by atoms with Crippen molar-refractivity contribution in [3.05, 3.63) is 0 Å². The standard InChI is InChI=1S/C11H19F3N2O2/c1-2-16(8-11(12,13)14)9(17)10(7-15)3-5-18-6-4-10/h2-8,15H2,1H3. The number of nitrogens with two attached hydrogens (primary N) is 1. The summed E-state index contributed by atoms with van der Waals surface area (Å²) in [5.41, 5.74) is 4.72. The molecule has 1 aliphatic rings. The van der Waals surface area contributed by atoms with Gasteiger partial charge in [0.15, 0.2) is 0 Å². The molecule has 4 nitrogen and oxygen atoms in total. The number of alkyl halides is 3. The van der Waals surface area contributed by atoms with Crippen molar-refractivity contribution in [1.29, 1.82) is 0 Å². The van der Waals surface area contributed by atoms with Crippen LogP contribution >= 0.6 is 0 Å². The Bertz CT molecular complexity index is 289. The third-order valence-corrected chi connectivity index (χ3v) is 3.33. The second-order valence-corrected chi connectivity index (χ2v) is 4.53. The van der Waals surface area contributed by atoms with Gasteiger partial charge in [-0.2, -0.15) is 13.2 Å². The topological polar surface area (TPSA) is 55.6 Å². The Hall–Kier alpha value is -0.820. The lowest BCUT2D eigenvalue weighted by Crippen LogP contribution is -2.52. The molecule has 1 amide bonds. The van der Waals surface area contributed by atoms with E-state index in [4.69, 9.17) is 10.5 Å². The van der Waals surface area contributed by atoms with Gasteiger partial charge in [0.2, 0.25) is 5.91 Å². The van der Waals surface area contributed by atoms with Gasteiger partial charge in [0.25, 0.3) is 0 Å². The number of ether oxygens (including phenoxy) is 1. The normalized spacial score (nSPS) is 19.6. The molecule has 0 bridgehead atoms. The first-order valence-corrected chi connectivity index (χ1v) is 5.98. The lowest BCUT2D eigenvalue weighted by Gasteiger charge is -2.38. The highest BCUT2D eigenvalue weighted by molar-refractivity contribution is 5.83. The van der Waals surface area contributed by atoms with Gasteiger partial charge in [0.05, 0.1) is 5.41 Å². The summed E-state index contributed by atoms with van der Waals surface area (Å²) in [6.45, 7) is 1.14. The van der Waals surface area contributed by atoms with E-state index in [0.717, 1.165) is 4.90 Å². The Labute approximate surface area is 104 Å². The van der Waals surface area contributed by atoms with Crippen LogP contribution in [0.1, 0.15) is 19.8 Å². The third-order valence-electron chi connectivity index (χ3n) is 3.33. The lowest BCUT2D eigenvalue weighted by atomic mass is 9.79. The lowest BCUT2D eigenvalue weighted by molar-refractivity contribution is -0.170. The van der Waals surface area contributed by atoms with Gasteiger partial charge in [-0.25, -0.2) is 0 Å². The summed E-state index contributed by atoms with van der Waals surface area (Å²) in [5.74, 6) is -0.506. The number of carbonyl (C=O) groups is 1. The number of halogens is 3. The van der Waals surface area contributed by atoms with Crippen molar-refractivity contribution in [2.45, 2.75) is 25.9 Å². The molecular weight excluding hydrogens is 249 g/mol. The average molecular weight is 268 g/mol. The third kappa shape index (κ3) is 3.58. The minimum atomic E-state index is -4.38. The molecule has 0 radical (unpaired) electrons. The molecule has 0 aromatic rings. The van der Waals surface area contributed by atoms with Gasteiger partial charge in [-0.15, -0.1) is 0 Å². The summed E-state index contributed by atoms with van der Waals surface area (Å²) in [4.78, 5) is 13.1. The SMILES string of the molecule is CCN(CC(F)(F)F)C(=O)C1(CN)CCOCC1. The summed E-state index contributed by atoms with van der Waals surface area (Å²) < 4.78 is 42.3. The quantitative estimate of drug-likeness (QED) is 0.832. The summed E-state index contributed by atoms with van der Waals surface area (Å²) >= 11 is 0. The van der Waals surface area contributed by atoms with Gasteiger partial charge in [0.1, 0.15) is 6.54 Å². The molecule has 0 saturated carbocycles. The number of hydrogen-bond donors (Lipinski definition) is 1. The van der Waals surface area contributed by atoms with Crippen molar-refractivity contribution < 1.29 is 22.7 Å². The van der Waals surface area contributed by atoms with Crippen LogP contribution < -0.4 is 5.73 Å². The van der Waals surface area contributed by atoms with E-state index in [1.54, 1.807) is 0 Å². The largest absolute Gasteiger partial charge is 0.406 e. The Morgan fingerprint density at radius 1 is 1.39 bits per heavy atom. The first-order chi connectivity index (χ1) is 8.34. The minimum absolute atomic E-state index is 0.0287. The van der Waals surface area contributed by atoms with E-state index in [1.165, 1.54) is 6.92 Å². The predicted molar refractivity (Wildman–Crippen MR) is 59.8 cm³/mol. The molecule has 1 aliphatic heterocycles. The molecule has 0 spiro atoms. The molecule has 1 fully saturated rings. The second kappa shape index (κ2) is 5.88. The average Bonchev–Trinajstić information content (AvgIpc) is 2.35. The predicted octanol–water partition coefficient (Wildman–Crippen LogP) is 1.15. The molecule has 0 atom stereocenters. The van der Waals surface area contributed by atoms with E-state index < -0.39 is 24.0 Å². The van der Waals surface area contributed by atoms with Crippen LogP contribution in [-0.2, 0) is 9.53 Å². The fourth-order valence-corrected chi connectivity index (χ4v) is 2.15. The molecule has 1 rings (SSSR count). The van der Waals surface area contributed by atoms with E-state index in [0.29, 0.717) is 26.1 Å². The fraction of sp³-hybridized carbons (Fsp3) is 0.909. The van der Waals surface area contributed by atoms with Crippen molar-refractivity contribution in [3.63, 3.8) is 0 Å². The van der Waals surface area contributed by atoms with Crippen LogP contribution in [0.4, 0.5) is 13.2 Å². The first kappa shape index (κ1) is 15.2. The number of rotatable bonds is 4. The monoisotopic (exact) mass is 268 g/mol. The van der Waals surface area contributed by atoms with E-state index in [9.17, 15) is 18.0 Å². The van der Waals surface area contributed by atoms with Gasteiger partial charge in [0, 0.05) is 26.3 Å². The smallest absolute Gasteiger partial charge is 0.381 e. The van der Waals surface area contributed by atoms with Crippen LogP contribution in [0.5, 0.6) is 0 Å². The zero-order chi connectivity index (χ0) is 13.8. The van der Waals surface area contributed by atoms with Crippen LogP contribution in [0.2, 0.25) is 0 Å². The highest BCUT2D eigenvalue weighted by Crippen LogP contribution is 2.32. The van der Waals surface area contributed by atoms with Gasteiger partial charge in [-0.3, -0.25) is 4.79 Å². The second-order valence-electron chi connectivity index (χ2n) is 4.53. The molecule has 0 unspecified atom stereocenters. The van der Waals surface area contributed by atoms with E-state index in [2.05, 4.69) is 0 Å². The van der Waals surface area contributed by atoms with Crippen molar-refractivity contribution in [1.82, 2.24) is 4.90 Å².